The highest BCUT2D eigenvalue weighted by molar-refractivity contribution is 5.69. The zero-order valence-electron chi connectivity index (χ0n) is 11.9. The van der Waals surface area contributed by atoms with Gasteiger partial charge in [-0.2, -0.15) is 0 Å². The highest BCUT2D eigenvalue weighted by Gasteiger charge is 2.13. The molecule has 0 aromatic heterocycles. The molecule has 1 saturated heterocycles. The molecular formula is C12H24O7. The van der Waals surface area contributed by atoms with Gasteiger partial charge in [0.2, 0.25) is 0 Å². The van der Waals surface area contributed by atoms with Crippen LogP contribution in [-0.4, -0.2) is 61.8 Å². The Labute approximate surface area is 113 Å². The van der Waals surface area contributed by atoms with Crippen LogP contribution in [0.15, 0.2) is 0 Å². The summed E-state index contributed by atoms with van der Waals surface area (Å²) in [4.78, 5) is 20.3. The molecule has 114 valence electrons. The molecule has 0 aromatic rings. The van der Waals surface area contributed by atoms with Gasteiger partial charge >= 0.3 is 11.9 Å². The van der Waals surface area contributed by atoms with Crippen molar-refractivity contribution in [3.8, 4) is 0 Å². The van der Waals surface area contributed by atoms with E-state index < -0.39 is 6.10 Å². The van der Waals surface area contributed by atoms with E-state index >= 15 is 0 Å². The SMILES string of the molecule is CC1CO1.COC(=O)CC(C)O.COC(=O)CCO. The second kappa shape index (κ2) is 13.3. The largest absolute Gasteiger partial charge is 0.469 e. The zero-order chi connectivity index (χ0) is 15.3. The summed E-state index contributed by atoms with van der Waals surface area (Å²) in [5.41, 5.74) is 0. The summed E-state index contributed by atoms with van der Waals surface area (Å²) in [5.74, 6) is -0.748. The van der Waals surface area contributed by atoms with Crippen LogP contribution >= 0.6 is 0 Å². The molecule has 1 rings (SSSR count). The van der Waals surface area contributed by atoms with Gasteiger partial charge in [0.05, 0.1) is 52.5 Å². The first-order chi connectivity index (χ1) is 8.87. The molecule has 1 aliphatic rings. The molecule has 0 amide bonds. The number of ether oxygens (including phenoxy) is 3. The van der Waals surface area contributed by atoms with Crippen LogP contribution in [-0.2, 0) is 23.8 Å². The van der Waals surface area contributed by atoms with Crippen molar-refractivity contribution in [1.29, 1.82) is 0 Å². The number of aliphatic hydroxyl groups excluding tert-OH is 2. The summed E-state index contributed by atoms with van der Waals surface area (Å²) in [5, 5.41) is 16.6. The van der Waals surface area contributed by atoms with Crippen molar-refractivity contribution < 1.29 is 34.0 Å². The predicted molar refractivity (Wildman–Crippen MR) is 67.4 cm³/mol. The summed E-state index contributed by atoms with van der Waals surface area (Å²) in [7, 11) is 2.59. The van der Waals surface area contributed by atoms with Gasteiger partial charge < -0.3 is 24.4 Å². The highest BCUT2D eigenvalue weighted by Crippen LogP contribution is 2.04. The Hall–Kier alpha value is -1.18. The van der Waals surface area contributed by atoms with E-state index in [0.29, 0.717) is 6.10 Å². The van der Waals surface area contributed by atoms with Crippen molar-refractivity contribution in [1.82, 2.24) is 0 Å². The molecule has 0 saturated carbocycles. The Morgan fingerprint density at radius 2 is 1.74 bits per heavy atom. The fraction of sp³-hybridized carbons (Fsp3) is 0.833. The Morgan fingerprint density at radius 3 is 1.84 bits per heavy atom. The zero-order valence-corrected chi connectivity index (χ0v) is 11.9. The molecular weight excluding hydrogens is 256 g/mol. The lowest BCUT2D eigenvalue weighted by molar-refractivity contribution is -0.143. The van der Waals surface area contributed by atoms with E-state index in [1.54, 1.807) is 0 Å². The monoisotopic (exact) mass is 280 g/mol. The molecule has 1 heterocycles. The number of rotatable bonds is 4. The molecule has 0 spiro atoms. The number of esters is 2. The molecule has 1 aliphatic heterocycles. The number of carbonyl (C=O) groups is 2. The van der Waals surface area contributed by atoms with Gasteiger partial charge in [0, 0.05) is 0 Å². The molecule has 2 unspecified atom stereocenters. The van der Waals surface area contributed by atoms with Crippen LogP contribution in [0, 0.1) is 0 Å². The van der Waals surface area contributed by atoms with Gasteiger partial charge in [-0.05, 0) is 13.8 Å². The van der Waals surface area contributed by atoms with Crippen LogP contribution in [0.5, 0.6) is 0 Å². The Kier molecular flexibility index (Phi) is 14.1. The van der Waals surface area contributed by atoms with Crippen LogP contribution in [0.1, 0.15) is 26.7 Å². The van der Waals surface area contributed by atoms with Gasteiger partial charge in [-0.25, -0.2) is 0 Å². The van der Waals surface area contributed by atoms with Crippen LogP contribution in [0.3, 0.4) is 0 Å². The average Bonchev–Trinajstić information content (AvgIpc) is 3.12. The van der Waals surface area contributed by atoms with Crippen molar-refractivity contribution in [3.63, 3.8) is 0 Å². The maximum atomic E-state index is 10.2. The van der Waals surface area contributed by atoms with Gasteiger partial charge in [-0.3, -0.25) is 9.59 Å². The average molecular weight is 280 g/mol. The normalized spacial score (nSPS) is 16.8. The molecule has 1 fully saturated rings. The minimum atomic E-state index is -0.595. The molecule has 0 bridgehead atoms. The van der Waals surface area contributed by atoms with Crippen LogP contribution in [0.4, 0.5) is 0 Å². The lowest BCUT2D eigenvalue weighted by Gasteiger charge is -1.99. The maximum Gasteiger partial charge on any atom is 0.308 e. The molecule has 2 N–H and O–H groups in total. The smallest absolute Gasteiger partial charge is 0.308 e. The third-order valence-corrected chi connectivity index (χ3v) is 1.73. The van der Waals surface area contributed by atoms with E-state index in [4.69, 9.17) is 14.9 Å². The van der Waals surface area contributed by atoms with Gasteiger partial charge in [-0.15, -0.1) is 0 Å². The highest BCUT2D eigenvalue weighted by atomic mass is 16.6. The fourth-order valence-electron chi connectivity index (χ4n) is 0.614. The lowest BCUT2D eigenvalue weighted by atomic mass is 10.3. The third kappa shape index (κ3) is 22.5. The molecule has 0 aromatic carbocycles. The predicted octanol–water partition coefficient (Wildman–Crippen LogP) is -0.123. The van der Waals surface area contributed by atoms with Gasteiger partial charge in [0.25, 0.3) is 0 Å². The van der Waals surface area contributed by atoms with Crippen molar-refractivity contribution in [2.75, 3.05) is 27.4 Å². The van der Waals surface area contributed by atoms with Crippen molar-refractivity contribution >= 4 is 11.9 Å². The summed E-state index contributed by atoms with van der Waals surface area (Å²) >= 11 is 0. The fourth-order valence-corrected chi connectivity index (χ4v) is 0.614. The second-order valence-corrected chi connectivity index (χ2v) is 3.82. The summed E-state index contributed by atoms with van der Waals surface area (Å²) < 4.78 is 13.2. The Bertz CT molecular complexity index is 236. The standard InChI is InChI=1S/C5H10O3.C4H8O3.C3H6O/c1-4(6)3-5(7)8-2;1-7-4(6)2-3-5;1-3-2-4-3/h4,6H,3H2,1-2H3;5H,2-3H2,1H3;3H,2H2,1H3. The third-order valence-electron chi connectivity index (χ3n) is 1.73. The van der Waals surface area contributed by atoms with Crippen LogP contribution in [0.25, 0.3) is 0 Å². The van der Waals surface area contributed by atoms with E-state index in [9.17, 15) is 9.59 Å². The lowest BCUT2D eigenvalue weighted by Crippen LogP contribution is -2.10. The van der Waals surface area contributed by atoms with Crippen LogP contribution < -0.4 is 0 Å². The van der Waals surface area contributed by atoms with Crippen molar-refractivity contribution in [3.05, 3.63) is 0 Å². The molecule has 0 radical (unpaired) electrons. The van der Waals surface area contributed by atoms with Gasteiger partial charge in [-0.1, -0.05) is 0 Å². The van der Waals surface area contributed by atoms with E-state index in [0.717, 1.165) is 6.61 Å². The number of hydrogen-bond donors (Lipinski definition) is 2. The number of hydrogen-bond acceptors (Lipinski definition) is 7. The molecule has 7 heteroatoms. The summed E-state index contributed by atoms with van der Waals surface area (Å²) in [6.07, 6.45) is 0.162. The first-order valence-corrected chi connectivity index (χ1v) is 5.91. The minimum Gasteiger partial charge on any atom is -0.469 e. The number of methoxy groups -OCH3 is 2. The molecule has 7 nitrogen and oxygen atoms in total. The molecule has 19 heavy (non-hydrogen) atoms. The first kappa shape index (κ1) is 20.1. The number of epoxide rings is 1. The Balaban J connectivity index is 0. The molecule has 0 aliphatic carbocycles. The van der Waals surface area contributed by atoms with Gasteiger partial charge in [0.1, 0.15) is 0 Å². The van der Waals surface area contributed by atoms with E-state index in [1.165, 1.54) is 21.1 Å². The minimum absolute atomic E-state index is 0.0799. The topological polar surface area (TPSA) is 106 Å². The van der Waals surface area contributed by atoms with Crippen molar-refractivity contribution in [2.24, 2.45) is 0 Å². The van der Waals surface area contributed by atoms with E-state index in [2.05, 4.69) is 16.4 Å². The second-order valence-electron chi connectivity index (χ2n) is 3.82. The first-order valence-electron chi connectivity index (χ1n) is 5.91. The van der Waals surface area contributed by atoms with Crippen molar-refractivity contribution in [2.45, 2.75) is 38.9 Å². The maximum absolute atomic E-state index is 10.2. The Morgan fingerprint density at radius 1 is 1.32 bits per heavy atom. The van der Waals surface area contributed by atoms with E-state index in [-0.39, 0.29) is 31.4 Å². The van der Waals surface area contributed by atoms with Crippen LogP contribution in [0.2, 0.25) is 0 Å². The number of aliphatic hydroxyl groups is 2. The molecule has 2 atom stereocenters. The summed E-state index contributed by atoms with van der Waals surface area (Å²) in [6.45, 7) is 4.45. The van der Waals surface area contributed by atoms with E-state index in [1.807, 2.05) is 0 Å². The summed E-state index contributed by atoms with van der Waals surface area (Å²) in [6, 6.07) is 0. The van der Waals surface area contributed by atoms with Gasteiger partial charge in [0.15, 0.2) is 0 Å². The number of carbonyl (C=O) groups excluding carboxylic acids is 2. The quantitative estimate of drug-likeness (QED) is 0.546.